The number of halogens is 2. The van der Waals surface area contributed by atoms with Gasteiger partial charge in [0.1, 0.15) is 0 Å². The lowest BCUT2D eigenvalue weighted by molar-refractivity contribution is -0.0683. The number of nitrogens with zero attached hydrogens (tertiary/aromatic N) is 1. The molecule has 0 bridgehead atoms. The number of hydrogen-bond donors (Lipinski definition) is 1. The van der Waals surface area contributed by atoms with Crippen molar-refractivity contribution in [3.8, 4) is 0 Å². The Bertz CT molecular complexity index is 196. The zero-order chi connectivity index (χ0) is 9.47. The van der Waals surface area contributed by atoms with Gasteiger partial charge in [0.05, 0.1) is 13.2 Å². The first-order valence-corrected chi connectivity index (χ1v) is 5.20. The van der Waals surface area contributed by atoms with Crippen LogP contribution in [0, 0.1) is 5.41 Å². The minimum absolute atomic E-state index is 0. The van der Waals surface area contributed by atoms with E-state index in [9.17, 15) is 0 Å². The monoisotopic (exact) mass is 256 g/mol. The summed E-state index contributed by atoms with van der Waals surface area (Å²) in [5.41, 5.74) is 6.30. The summed E-state index contributed by atoms with van der Waals surface area (Å²) >= 11 is 0. The summed E-state index contributed by atoms with van der Waals surface area (Å²) in [6, 6.07) is 1.08. The van der Waals surface area contributed by atoms with Crippen molar-refractivity contribution in [3.63, 3.8) is 0 Å². The van der Waals surface area contributed by atoms with Gasteiger partial charge >= 0.3 is 0 Å². The fourth-order valence-corrected chi connectivity index (χ4v) is 2.44. The summed E-state index contributed by atoms with van der Waals surface area (Å²) < 4.78 is 5.34. The van der Waals surface area contributed by atoms with Crippen molar-refractivity contribution in [1.82, 2.24) is 4.90 Å². The first-order chi connectivity index (χ1) is 6.12. The van der Waals surface area contributed by atoms with Crippen LogP contribution in [0.1, 0.15) is 20.3 Å². The van der Waals surface area contributed by atoms with Crippen LogP contribution >= 0.6 is 24.8 Å². The second kappa shape index (κ2) is 5.69. The Morgan fingerprint density at radius 3 is 2.13 bits per heavy atom. The lowest BCUT2D eigenvalue weighted by atomic mass is 9.62. The standard InChI is InChI=1S/C10H20N2O.2ClH/c1-10(2)8(11)7-9(10)12-3-5-13-6-4-12;;/h8-9H,3-7,11H2,1-2H3;2*1H. The molecule has 92 valence electrons. The number of ether oxygens (including phenoxy) is 1. The molecule has 1 saturated heterocycles. The molecule has 0 spiro atoms. The predicted molar refractivity (Wildman–Crippen MR) is 67.0 cm³/mol. The van der Waals surface area contributed by atoms with Crippen molar-refractivity contribution >= 4 is 24.8 Å². The average Bonchev–Trinajstić information content (AvgIpc) is 2.15. The van der Waals surface area contributed by atoms with E-state index in [4.69, 9.17) is 10.5 Å². The minimum atomic E-state index is 0. The highest BCUT2D eigenvalue weighted by Crippen LogP contribution is 2.42. The third-order valence-corrected chi connectivity index (χ3v) is 3.78. The normalized spacial score (nSPS) is 34.6. The van der Waals surface area contributed by atoms with E-state index in [0.29, 0.717) is 17.5 Å². The number of hydrogen-bond acceptors (Lipinski definition) is 3. The summed E-state index contributed by atoms with van der Waals surface area (Å²) in [5.74, 6) is 0. The van der Waals surface area contributed by atoms with E-state index in [0.717, 1.165) is 32.7 Å². The number of rotatable bonds is 1. The van der Waals surface area contributed by atoms with Crippen LogP contribution in [-0.2, 0) is 4.74 Å². The summed E-state index contributed by atoms with van der Waals surface area (Å²) in [6.45, 7) is 8.51. The second-order valence-corrected chi connectivity index (χ2v) is 4.83. The Morgan fingerprint density at radius 1 is 1.20 bits per heavy atom. The molecule has 2 rings (SSSR count). The molecule has 2 N–H and O–H groups in total. The van der Waals surface area contributed by atoms with Gasteiger partial charge in [0.2, 0.25) is 0 Å². The van der Waals surface area contributed by atoms with Gasteiger partial charge in [-0.05, 0) is 11.8 Å². The molecule has 15 heavy (non-hydrogen) atoms. The summed E-state index contributed by atoms with van der Waals surface area (Å²) in [6.07, 6.45) is 1.16. The highest BCUT2D eigenvalue weighted by molar-refractivity contribution is 5.85. The second-order valence-electron chi connectivity index (χ2n) is 4.83. The lowest BCUT2D eigenvalue weighted by Crippen LogP contribution is -2.65. The highest BCUT2D eigenvalue weighted by Gasteiger charge is 2.48. The SMILES string of the molecule is CC1(C)C(N)CC1N1CCOCC1.Cl.Cl. The molecular formula is C10H22Cl2N2O. The number of morpholine rings is 1. The third kappa shape index (κ3) is 2.77. The van der Waals surface area contributed by atoms with Crippen molar-refractivity contribution in [3.05, 3.63) is 0 Å². The predicted octanol–water partition coefficient (Wildman–Crippen LogP) is 1.29. The smallest absolute Gasteiger partial charge is 0.0594 e. The topological polar surface area (TPSA) is 38.5 Å². The zero-order valence-electron chi connectivity index (χ0n) is 9.44. The summed E-state index contributed by atoms with van der Waals surface area (Å²) in [4.78, 5) is 2.53. The Kier molecular flexibility index (Phi) is 5.86. The van der Waals surface area contributed by atoms with Gasteiger partial charge in [-0.15, -0.1) is 24.8 Å². The van der Waals surface area contributed by atoms with Gasteiger partial charge in [-0.3, -0.25) is 4.90 Å². The molecule has 1 heterocycles. The molecule has 0 aromatic rings. The molecule has 1 aliphatic carbocycles. The van der Waals surface area contributed by atoms with Crippen molar-refractivity contribution in [1.29, 1.82) is 0 Å². The van der Waals surface area contributed by atoms with Gasteiger partial charge in [0.15, 0.2) is 0 Å². The van der Waals surface area contributed by atoms with Crippen LogP contribution in [0.3, 0.4) is 0 Å². The van der Waals surface area contributed by atoms with Crippen molar-refractivity contribution in [2.45, 2.75) is 32.4 Å². The molecule has 2 atom stereocenters. The molecule has 2 unspecified atom stereocenters. The Morgan fingerprint density at radius 2 is 1.73 bits per heavy atom. The molecule has 0 amide bonds. The van der Waals surface area contributed by atoms with Crippen molar-refractivity contribution < 1.29 is 4.74 Å². The third-order valence-electron chi connectivity index (χ3n) is 3.78. The summed E-state index contributed by atoms with van der Waals surface area (Å²) in [5, 5.41) is 0. The van der Waals surface area contributed by atoms with E-state index in [1.807, 2.05) is 0 Å². The molecule has 0 radical (unpaired) electrons. The van der Waals surface area contributed by atoms with E-state index in [1.165, 1.54) is 0 Å². The quantitative estimate of drug-likeness (QED) is 0.769. The average molecular weight is 257 g/mol. The molecule has 2 fully saturated rings. The molecule has 0 aromatic carbocycles. The van der Waals surface area contributed by atoms with E-state index in [-0.39, 0.29) is 24.8 Å². The maximum Gasteiger partial charge on any atom is 0.0594 e. The lowest BCUT2D eigenvalue weighted by Gasteiger charge is -2.55. The van der Waals surface area contributed by atoms with Crippen LogP contribution in [0.2, 0.25) is 0 Å². The van der Waals surface area contributed by atoms with E-state index >= 15 is 0 Å². The van der Waals surface area contributed by atoms with Crippen LogP contribution in [0.5, 0.6) is 0 Å². The maximum atomic E-state index is 6.00. The van der Waals surface area contributed by atoms with Crippen LogP contribution in [0.25, 0.3) is 0 Å². The van der Waals surface area contributed by atoms with Crippen LogP contribution in [0.4, 0.5) is 0 Å². The van der Waals surface area contributed by atoms with E-state index in [2.05, 4.69) is 18.7 Å². The van der Waals surface area contributed by atoms with Gasteiger partial charge in [-0.1, -0.05) is 13.8 Å². The fraction of sp³-hybridized carbons (Fsp3) is 1.00. The molecule has 5 heteroatoms. The van der Waals surface area contributed by atoms with Gasteiger partial charge < -0.3 is 10.5 Å². The largest absolute Gasteiger partial charge is 0.379 e. The molecule has 3 nitrogen and oxygen atoms in total. The van der Waals surface area contributed by atoms with Gasteiger partial charge in [0.25, 0.3) is 0 Å². The first kappa shape index (κ1) is 15.5. The van der Waals surface area contributed by atoms with Gasteiger partial charge in [-0.25, -0.2) is 0 Å². The first-order valence-electron chi connectivity index (χ1n) is 5.20. The Labute approximate surface area is 105 Å². The number of nitrogens with two attached hydrogens (primary N) is 1. The highest BCUT2D eigenvalue weighted by atomic mass is 35.5. The Hall–Kier alpha value is 0.460. The van der Waals surface area contributed by atoms with Crippen molar-refractivity contribution in [2.24, 2.45) is 11.1 Å². The van der Waals surface area contributed by atoms with Crippen molar-refractivity contribution in [2.75, 3.05) is 26.3 Å². The van der Waals surface area contributed by atoms with Crippen LogP contribution in [-0.4, -0.2) is 43.3 Å². The van der Waals surface area contributed by atoms with Gasteiger partial charge in [-0.2, -0.15) is 0 Å². The minimum Gasteiger partial charge on any atom is -0.379 e. The van der Waals surface area contributed by atoms with Gasteiger partial charge in [0, 0.05) is 25.2 Å². The van der Waals surface area contributed by atoms with E-state index in [1.54, 1.807) is 0 Å². The molecule has 1 saturated carbocycles. The molecule has 0 aromatic heterocycles. The molecule has 1 aliphatic heterocycles. The summed E-state index contributed by atoms with van der Waals surface area (Å²) in [7, 11) is 0. The van der Waals surface area contributed by atoms with Crippen LogP contribution < -0.4 is 5.73 Å². The zero-order valence-corrected chi connectivity index (χ0v) is 11.1. The maximum absolute atomic E-state index is 6.00. The molecular weight excluding hydrogens is 235 g/mol. The Balaban J connectivity index is 0.000000980. The molecule has 2 aliphatic rings. The fourth-order valence-electron chi connectivity index (χ4n) is 2.44. The van der Waals surface area contributed by atoms with E-state index < -0.39 is 0 Å². The van der Waals surface area contributed by atoms with Crippen LogP contribution in [0.15, 0.2) is 0 Å².